The molecule has 0 saturated heterocycles. The van der Waals surface area contributed by atoms with Gasteiger partial charge in [0.1, 0.15) is 5.75 Å². The van der Waals surface area contributed by atoms with E-state index in [4.69, 9.17) is 5.11 Å². The largest absolute Gasteiger partial charge is 0.508 e. The minimum Gasteiger partial charge on any atom is -0.508 e. The average molecular weight is 292 g/mol. The van der Waals surface area contributed by atoms with Gasteiger partial charge < -0.3 is 10.2 Å². The van der Waals surface area contributed by atoms with Gasteiger partial charge in [-0.1, -0.05) is 34.7 Å². The molecule has 2 N–H and O–H groups in total. The van der Waals surface area contributed by atoms with Crippen LogP contribution in [0.15, 0.2) is 18.2 Å². The quantitative estimate of drug-likeness (QED) is 0.661. The van der Waals surface area contributed by atoms with Crippen LogP contribution >= 0.6 is 22.6 Å². The van der Waals surface area contributed by atoms with Crippen molar-refractivity contribution in [1.29, 1.82) is 0 Å². The number of hydrogen-bond donors (Lipinski definition) is 2. The maximum atomic E-state index is 10.4. The Morgan fingerprint density at radius 2 is 2.15 bits per heavy atom. The molecule has 0 bridgehead atoms. The lowest BCUT2D eigenvalue weighted by atomic mass is 10.1. The molecule has 1 aromatic rings. The molecule has 1 rings (SSSR count). The summed E-state index contributed by atoms with van der Waals surface area (Å²) >= 11 is 2.14. The zero-order chi connectivity index (χ0) is 9.84. The number of carboxylic acids is 1. The van der Waals surface area contributed by atoms with Crippen LogP contribution in [-0.4, -0.2) is 16.2 Å². The fourth-order valence-corrected chi connectivity index (χ4v) is 1.65. The van der Waals surface area contributed by atoms with Gasteiger partial charge in [-0.15, -0.1) is 0 Å². The first kappa shape index (κ1) is 10.3. The highest BCUT2D eigenvalue weighted by Gasteiger charge is 2.04. The third-order valence-corrected chi connectivity index (χ3v) is 2.47. The van der Waals surface area contributed by atoms with Crippen molar-refractivity contribution in [3.8, 4) is 5.75 Å². The Labute approximate surface area is 89.5 Å². The lowest BCUT2D eigenvalue weighted by Crippen LogP contribution is -1.99. The first-order valence-corrected chi connectivity index (χ1v) is 5.24. The monoisotopic (exact) mass is 292 g/mol. The maximum absolute atomic E-state index is 10.4. The molecule has 0 fully saturated rings. The van der Waals surface area contributed by atoms with E-state index in [2.05, 4.69) is 22.6 Å². The van der Waals surface area contributed by atoms with Gasteiger partial charge in [0, 0.05) is 9.99 Å². The molecule has 0 amide bonds. The summed E-state index contributed by atoms with van der Waals surface area (Å²) in [6.07, 6.45) is -0.0465. The van der Waals surface area contributed by atoms with Crippen LogP contribution in [0.5, 0.6) is 5.75 Å². The number of aromatic hydroxyl groups is 1. The SMILES string of the molecule is O=C(O)Cc1ccc(CI)c(O)c1. The highest BCUT2D eigenvalue weighted by molar-refractivity contribution is 14.1. The summed E-state index contributed by atoms with van der Waals surface area (Å²) in [7, 11) is 0. The van der Waals surface area contributed by atoms with Crippen LogP contribution in [0.4, 0.5) is 0 Å². The Bertz CT molecular complexity index is 323. The molecule has 3 nitrogen and oxygen atoms in total. The second-order valence-electron chi connectivity index (χ2n) is 2.67. The number of carboxylic acid groups (broad SMARTS) is 1. The molecule has 0 heterocycles. The van der Waals surface area contributed by atoms with Crippen LogP contribution in [0.1, 0.15) is 11.1 Å². The average Bonchev–Trinajstić information content (AvgIpc) is 2.03. The van der Waals surface area contributed by atoms with Crippen molar-refractivity contribution in [2.45, 2.75) is 10.8 Å². The molecule has 70 valence electrons. The van der Waals surface area contributed by atoms with Crippen LogP contribution in [0.2, 0.25) is 0 Å². The number of halogens is 1. The summed E-state index contributed by atoms with van der Waals surface area (Å²) in [6.45, 7) is 0. The van der Waals surface area contributed by atoms with Crippen LogP contribution in [-0.2, 0) is 15.6 Å². The number of carbonyl (C=O) groups is 1. The summed E-state index contributed by atoms with van der Waals surface area (Å²) in [5, 5.41) is 17.9. The molecule has 0 aliphatic rings. The first-order valence-electron chi connectivity index (χ1n) is 3.72. The number of benzene rings is 1. The Hall–Kier alpha value is -0.780. The topological polar surface area (TPSA) is 57.5 Å². The van der Waals surface area contributed by atoms with Gasteiger partial charge in [0.25, 0.3) is 0 Å². The van der Waals surface area contributed by atoms with Crippen molar-refractivity contribution in [2.24, 2.45) is 0 Å². The number of alkyl halides is 1. The highest BCUT2D eigenvalue weighted by atomic mass is 127. The molecular formula is C9H9IO3. The van der Waals surface area contributed by atoms with Crippen molar-refractivity contribution in [2.75, 3.05) is 0 Å². The molecule has 13 heavy (non-hydrogen) atoms. The van der Waals surface area contributed by atoms with E-state index in [0.29, 0.717) is 5.56 Å². The molecule has 0 aliphatic heterocycles. The third-order valence-electron chi connectivity index (χ3n) is 1.65. The van der Waals surface area contributed by atoms with E-state index in [1.54, 1.807) is 12.1 Å². The molecule has 1 aromatic carbocycles. The molecule has 0 atom stereocenters. The fourth-order valence-electron chi connectivity index (χ4n) is 1.01. The van der Waals surface area contributed by atoms with Gasteiger partial charge >= 0.3 is 5.97 Å². The second kappa shape index (κ2) is 4.45. The van der Waals surface area contributed by atoms with Crippen LogP contribution < -0.4 is 0 Å². The van der Waals surface area contributed by atoms with Gasteiger partial charge in [-0.2, -0.15) is 0 Å². The van der Waals surface area contributed by atoms with Crippen molar-refractivity contribution in [3.05, 3.63) is 29.3 Å². The Morgan fingerprint density at radius 1 is 1.46 bits per heavy atom. The van der Waals surface area contributed by atoms with E-state index in [9.17, 15) is 9.90 Å². The van der Waals surface area contributed by atoms with Gasteiger partial charge in [-0.25, -0.2) is 0 Å². The predicted molar refractivity (Wildman–Crippen MR) is 57.2 cm³/mol. The van der Waals surface area contributed by atoms with Gasteiger partial charge in [0.15, 0.2) is 0 Å². The standard InChI is InChI=1S/C9H9IO3/c10-5-7-2-1-6(3-8(7)11)4-9(12)13/h1-3,11H,4-5H2,(H,12,13). The smallest absolute Gasteiger partial charge is 0.307 e. The number of rotatable bonds is 3. The first-order chi connectivity index (χ1) is 6.13. The molecule has 0 radical (unpaired) electrons. The molecule has 4 heteroatoms. The lowest BCUT2D eigenvalue weighted by Gasteiger charge is -2.02. The minimum absolute atomic E-state index is 0.0465. The summed E-state index contributed by atoms with van der Waals surface area (Å²) in [5.41, 5.74) is 1.45. The van der Waals surface area contributed by atoms with E-state index >= 15 is 0 Å². The Kier molecular flexibility index (Phi) is 3.53. The third kappa shape index (κ3) is 2.87. The molecular weight excluding hydrogens is 283 g/mol. The highest BCUT2D eigenvalue weighted by Crippen LogP contribution is 2.21. The van der Waals surface area contributed by atoms with Crippen molar-refractivity contribution >= 4 is 28.6 Å². The summed E-state index contributed by atoms with van der Waals surface area (Å²) in [6, 6.07) is 4.98. The van der Waals surface area contributed by atoms with Crippen molar-refractivity contribution < 1.29 is 15.0 Å². The van der Waals surface area contributed by atoms with Crippen LogP contribution in [0, 0.1) is 0 Å². The minimum atomic E-state index is -0.887. The maximum Gasteiger partial charge on any atom is 0.307 e. The molecule has 0 unspecified atom stereocenters. The van der Waals surface area contributed by atoms with Crippen LogP contribution in [0.25, 0.3) is 0 Å². The van der Waals surface area contributed by atoms with Crippen LogP contribution in [0.3, 0.4) is 0 Å². The lowest BCUT2D eigenvalue weighted by molar-refractivity contribution is -0.136. The normalized spacial score (nSPS) is 9.92. The number of aliphatic carboxylic acids is 1. The zero-order valence-corrected chi connectivity index (χ0v) is 8.98. The van der Waals surface area contributed by atoms with Crippen molar-refractivity contribution in [3.63, 3.8) is 0 Å². The number of phenols is 1. The number of hydrogen-bond acceptors (Lipinski definition) is 2. The van der Waals surface area contributed by atoms with Gasteiger partial charge in [0.2, 0.25) is 0 Å². The van der Waals surface area contributed by atoms with E-state index in [1.807, 2.05) is 0 Å². The van der Waals surface area contributed by atoms with E-state index in [0.717, 1.165) is 9.99 Å². The van der Waals surface area contributed by atoms with E-state index in [1.165, 1.54) is 6.07 Å². The van der Waals surface area contributed by atoms with Gasteiger partial charge in [0.05, 0.1) is 6.42 Å². The van der Waals surface area contributed by atoms with Gasteiger partial charge in [-0.3, -0.25) is 4.79 Å². The van der Waals surface area contributed by atoms with Crippen molar-refractivity contribution in [1.82, 2.24) is 0 Å². The zero-order valence-electron chi connectivity index (χ0n) is 6.83. The summed E-state index contributed by atoms with van der Waals surface area (Å²) < 4.78 is 0.719. The Balaban J connectivity index is 2.89. The van der Waals surface area contributed by atoms with E-state index in [-0.39, 0.29) is 12.2 Å². The van der Waals surface area contributed by atoms with E-state index < -0.39 is 5.97 Å². The fraction of sp³-hybridized carbons (Fsp3) is 0.222. The summed E-state index contributed by atoms with van der Waals surface area (Å²) in [5.74, 6) is -0.713. The molecule has 0 saturated carbocycles. The number of phenolic OH excluding ortho intramolecular Hbond substituents is 1. The van der Waals surface area contributed by atoms with Gasteiger partial charge in [-0.05, 0) is 11.6 Å². The second-order valence-corrected chi connectivity index (χ2v) is 3.43. The molecule has 0 spiro atoms. The predicted octanol–water partition coefficient (Wildman–Crippen LogP) is 1.95. The summed E-state index contributed by atoms with van der Waals surface area (Å²) in [4.78, 5) is 10.4. The molecule has 0 aromatic heterocycles. The molecule has 0 aliphatic carbocycles. The Morgan fingerprint density at radius 3 is 2.62 bits per heavy atom.